The number of thiophene rings is 1. The van der Waals surface area contributed by atoms with Crippen LogP contribution in [0.2, 0.25) is 4.34 Å². The second-order valence-electron chi connectivity index (χ2n) is 3.13. The van der Waals surface area contributed by atoms with E-state index in [-0.39, 0.29) is 18.9 Å². The molecule has 0 aromatic carbocycles. The van der Waals surface area contributed by atoms with Gasteiger partial charge >= 0.3 is 5.97 Å². The lowest BCUT2D eigenvalue weighted by molar-refractivity contribution is -0.137. The molecule has 16 heavy (non-hydrogen) atoms. The first-order valence-corrected chi connectivity index (χ1v) is 6.00. The van der Waals surface area contributed by atoms with Crippen molar-refractivity contribution < 1.29 is 14.7 Å². The third kappa shape index (κ3) is 3.50. The molecule has 6 heteroatoms. The first kappa shape index (κ1) is 13.0. The number of amides is 1. The van der Waals surface area contributed by atoms with Gasteiger partial charge in [0, 0.05) is 13.1 Å². The van der Waals surface area contributed by atoms with E-state index in [0.29, 0.717) is 15.8 Å². The highest BCUT2D eigenvalue weighted by Gasteiger charge is 2.16. The molecule has 0 atom stereocenters. The van der Waals surface area contributed by atoms with Crippen molar-refractivity contribution in [2.75, 3.05) is 13.1 Å². The van der Waals surface area contributed by atoms with E-state index in [0.717, 1.165) is 0 Å². The monoisotopic (exact) mass is 261 g/mol. The molecule has 0 unspecified atom stereocenters. The van der Waals surface area contributed by atoms with Crippen LogP contribution in [0.15, 0.2) is 12.1 Å². The second kappa shape index (κ2) is 5.86. The molecule has 88 valence electrons. The molecule has 1 rings (SSSR count). The number of halogens is 1. The second-order valence-corrected chi connectivity index (χ2v) is 4.85. The standard InChI is InChI=1S/C10H12ClNO3S/c1-2-12(6-5-9(13)14)10(15)7-3-4-8(11)16-7/h3-4H,2,5-6H2,1H3,(H,13,14). The molecule has 1 amide bonds. The van der Waals surface area contributed by atoms with Crippen LogP contribution < -0.4 is 0 Å². The summed E-state index contributed by atoms with van der Waals surface area (Å²) in [5.41, 5.74) is 0. The highest BCUT2D eigenvalue weighted by molar-refractivity contribution is 7.17. The molecular formula is C10H12ClNO3S. The maximum atomic E-state index is 11.9. The molecule has 4 nitrogen and oxygen atoms in total. The number of rotatable bonds is 5. The quantitative estimate of drug-likeness (QED) is 0.885. The molecule has 0 aliphatic carbocycles. The van der Waals surface area contributed by atoms with Gasteiger partial charge in [0.25, 0.3) is 5.91 Å². The van der Waals surface area contributed by atoms with Crippen molar-refractivity contribution in [2.24, 2.45) is 0 Å². The van der Waals surface area contributed by atoms with Gasteiger partial charge in [0.05, 0.1) is 15.6 Å². The Morgan fingerprint density at radius 3 is 2.62 bits per heavy atom. The molecule has 0 aliphatic rings. The minimum atomic E-state index is -0.907. The van der Waals surface area contributed by atoms with E-state index in [1.54, 1.807) is 12.1 Å². The Morgan fingerprint density at radius 2 is 2.19 bits per heavy atom. The Balaban J connectivity index is 2.66. The predicted molar refractivity (Wildman–Crippen MR) is 63.2 cm³/mol. The van der Waals surface area contributed by atoms with Crippen LogP contribution >= 0.6 is 22.9 Å². The fourth-order valence-corrected chi connectivity index (χ4v) is 2.23. The van der Waals surface area contributed by atoms with Crippen LogP contribution in [0, 0.1) is 0 Å². The van der Waals surface area contributed by atoms with Gasteiger partial charge in [-0.05, 0) is 19.1 Å². The molecule has 0 saturated carbocycles. The zero-order valence-corrected chi connectivity index (χ0v) is 10.3. The Kier molecular flexibility index (Phi) is 4.76. The third-order valence-corrected chi connectivity index (χ3v) is 3.27. The van der Waals surface area contributed by atoms with E-state index in [9.17, 15) is 9.59 Å². The van der Waals surface area contributed by atoms with E-state index in [1.165, 1.54) is 16.2 Å². The number of carbonyl (C=O) groups excluding carboxylic acids is 1. The third-order valence-electron chi connectivity index (χ3n) is 2.05. The van der Waals surface area contributed by atoms with Gasteiger partial charge in [0.15, 0.2) is 0 Å². The minimum absolute atomic E-state index is 0.0430. The summed E-state index contributed by atoms with van der Waals surface area (Å²) in [4.78, 5) is 24.3. The SMILES string of the molecule is CCN(CCC(=O)O)C(=O)c1ccc(Cl)s1. The fraction of sp³-hybridized carbons (Fsp3) is 0.400. The van der Waals surface area contributed by atoms with Gasteiger partial charge in [-0.15, -0.1) is 11.3 Å². The van der Waals surface area contributed by atoms with Gasteiger partial charge in [0.1, 0.15) is 0 Å². The van der Waals surface area contributed by atoms with Gasteiger partial charge in [-0.2, -0.15) is 0 Å². The van der Waals surface area contributed by atoms with Crippen LogP contribution in [0.1, 0.15) is 23.0 Å². The van der Waals surface area contributed by atoms with Crippen LogP contribution in [0.25, 0.3) is 0 Å². The molecule has 0 bridgehead atoms. The average Bonchev–Trinajstić information content (AvgIpc) is 2.65. The largest absolute Gasteiger partial charge is 0.481 e. The van der Waals surface area contributed by atoms with Crippen molar-refractivity contribution in [2.45, 2.75) is 13.3 Å². The lowest BCUT2D eigenvalue weighted by atomic mass is 10.3. The predicted octanol–water partition coefficient (Wildman–Crippen LogP) is 2.34. The Labute approximate surface area is 102 Å². The van der Waals surface area contributed by atoms with Crippen molar-refractivity contribution in [1.82, 2.24) is 4.90 Å². The molecule has 0 spiro atoms. The van der Waals surface area contributed by atoms with Crippen LogP contribution in [0.3, 0.4) is 0 Å². The van der Waals surface area contributed by atoms with Gasteiger partial charge in [0.2, 0.25) is 0 Å². The van der Waals surface area contributed by atoms with E-state index in [1.807, 2.05) is 6.92 Å². The summed E-state index contributed by atoms with van der Waals surface area (Å²) in [6.07, 6.45) is -0.0430. The molecule has 1 heterocycles. The number of carbonyl (C=O) groups is 2. The Morgan fingerprint density at radius 1 is 1.50 bits per heavy atom. The molecule has 1 N–H and O–H groups in total. The highest BCUT2D eigenvalue weighted by Crippen LogP contribution is 2.22. The summed E-state index contributed by atoms with van der Waals surface area (Å²) in [7, 11) is 0. The van der Waals surface area contributed by atoms with Crippen molar-refractivity contribution in [3.05, 3.63) is 21.3 Å². The number of hydrogen-bond donors (Lipinski definition) is 1. The van der Waals surface area contributed by atoms with Gasteiger partial charge in [-0.3, -0.25) is 9.59 Å². The van der Waals surface area contributed by atoms with Crippen LogP contribution in [-0.2, 0) is 4.79 Å². The number of hydrogen-bond acceptors (Lipinski definition) is 3. The molecule has 0 aliphatic heterocycles. The molecule has 0 saturated heterocycles. The van der Waals surface area contributed by atoms with Crippen LogP contribution in [0.5, 0.6) is 0 Å². The zero-order chi connectivity index (χ0) is 12.1. The smallest absolute Gasteiger partial charge is 0.305 e. The summed E-state index contributed by atoms with van der Waals surface area (Å²) in [6.45, 7) is 2.52. The first-order chi connectivity index (χ1) is 7.54. The minimum Gasteiger partial charge on any atom is -0.481 e. The van der Waals surface area contributed by atoms with Crippen molar-refractivity contribution in [3.8, 4) is 0 Å². The van der Waals surface area contributed by atoms with Crippen molar-refractivity contribution in [3.63, 3.8) is 0 Å². The molecular weight excluding hydrogens is 250 g/mol. The van der Waals surface area contributed by atoms with E-state index in [2.05, 4.69) is 0 Å². The summed E-state index contributed by atoms with van der Waals surface area (Å²) in [6, 6.07) is 3.31. The topological polar surface area (TPSA) is 57.6 Å². The highest BCUT2D eigenvalue weighted by atomic mass is 35.5. The maximum absolute atomic E-state index is 11.9. The summed E-state index contributed by atoms with van der Waals surface area (Å²) >= 11 is 6.93. The Bertz CT molecular complexity index is 391. The normalized spacial score (nSPS) is 10.1. The number of nitrogens with zero attached hydrogens (tertiary/aromatic N) is 1. The van der Waals surface area contributed by atoms with Crippen LogP contribution in [-0.4, -0.2) is 35.0 Å². The first-order valence-electron chi connectivity index (χ1n) is 4.81. The molecule has 0 fully saturated rings. The number of aliphatic carboxylic acids is 1. The average molecular weight is 262 g/mol. The summed E-state index contributed by atoms with van der Waals surface area (Å²) in [5.74, 6) is -1.07. The fourth-order valence-electron chi connectivity index (χ4n) is 1.22. The maximum Gasteiger partial charge on any atom is 0.305 e. The molecule has 1 aromatic heterocycles. The lowest BCUT2D eigenvalue weighted by Crippen LogP contribution is -2.32. The van der Waals surface area contributed by atoms with Gasteiger partial charge in [-0.25, -0.2) is 0 Å². The summed E-state index contributed by atoms with van der Waals surface area (Å²) < 4.78 is 0.553. The summed E-state index contributed by atoms with van der Waals surface area (Å²) in [5, 5.41) is 8.56. The number of carboxylic acids is 1. The van der Waals surface area contributed by atoms with E-state index >= 15 is 0 Å². The van der Waals surface area contributed by atoms with Gasteiger partial charge in [-0.1, -0.05) is 11.6 Å². The van der Waals surface area contributed by atoms with Gasteiger partial charge < -0.3 is 10.0 Å². The van der Waals surface area contributed by atoms with Crippen LogP contribution in [0.4, 0.5) is 0 Å². The molecule has 1 aromatic rings. The zero-order valence-electron chi connectivity index (χ0n) is 8.77. The van der Waals surface area contributed by atoms with E-state index in [4.69, 9.17) is 16.7 Å². The van der Waals surface area contributed by atoms with Crippen molar-refractivity contribution in [1.29, 1.82) is 0 Å². The van der Waals surface area contributed by atoms with E-state index < -0.39 is 5.97 Å². The lowest BCUT2D eigenvalue weighted by Gasteiger charge is -2.18. The number of carboxylic acid groups (broad SMARTS) is 1. The molecule has 0 radical (unpaired) electrons. The van der Waals surface area contributed by atoms with Crippen molar-refractivity contribution >= 4 is 34.8 Å². The Hall–Kier alpha value is -1.07.